The average Bonchev–Trinajstić information content (AvgIpc) is 2.53. The quantitative estimate of drug-likeness (QED) is 0.429. The molecule has 26 heavy (non-hydrogen) atoms. The first kappa shape index (κ1) is 21.8. The van der Waals surface area contributed by atoms with Gasteiger partial charge in [0.2, 0.25) is 0 Å². The summed E-state index contributed by atoms with van der Waals surface area (Å²) in [6, 6.07) is 0. The number of ether oxygens (including phenoxy) is 2. The molecule has 1 aliphatic heterocycles. The highest BCUT2D eigenvalue weighted by Crippen LogP contribution is 2.42. The van der Waals surface area contributed by atoms with E-state index in [9.17, 15) is 25.5 Å². The Balaban J connectivity index is 1.94. The first-order valence-electron chi connectivity index (χ1n) is 9.40. The van der Waals surface area contributed by atoms with Gasteiger partial charge in [0, 0.05) is 0 Å². The zero-order valence-electron chi connectivity index (χ0n) is 16.1. The number of aliphatic hydroxyl groups is 5. The molecule has 0 unspecified atom stereocenters. The lowest BCUT2D eigenvalue weighted by Crippen LogP contribution is -2.59. The standard InChI is InChI=1S/C19H34O7/c1-10-7-12(21)8-19(3,4)13(10)6-5-11(2)25-18-17(24)16(23)15(22)14(9-20)26-18/h11-12,14-18,20-24H,5-9H2,1-4H3/t11-,12-,14-,15-,16+,17-,18-/m1/s1. The molecule has 152 valence electrons. The maximum atomic E-state index is 10.1. The second kappa shape index (κ2) is 8.65. The van der Waals surface area contributed by atoms with Gasteiger partial charge in [0.05, 0.1) is 18.8 Å². The maximum absolute atomic E-state index is 10.1. The largest absolute Gasteiger partial charge is 0.394 e. The minimum atomic E-state index is -1.43. The Morgan fingerprint density at radius 2 is 1.81 bits per heavy atom. The highest BCUT2D eigenvalue weighted by Gasteiger charge is 2.44. The highest BCUT2D eigenvalue weighted by atomic mass is 16.7. The minimum Gasteiger partial charge on any atom is -0.394 e. The van der Waals surface area contributed by atoms with Crippen molar-refractivity contribution in [2.75, 3.05) is 6.61 Å². The maximum Gasteiger partial charge on any atom is 0.186 e. The van der Waals surface area contributed by atoms with E-state index in [2.05, 4.69) is 20.8 Å². The van der Waals surface area contributed by atoms with Gasteiger partial charge in [0.15, 0.2) is 6.29 Å². The molecule has 0 aromatic rings. The monoisotopic (exact) mass is 374 g/mol. The molecule has 0 aromatic heterocycles. The summed E-state index contributed by atoms with van der Waals surface area (Å²) in [6.45, 7) is 7.72. The van der Waals surface area contributed by atoms with Crippen molar-refractivity contribution in [2.45, 2.75) is 96.3 Å². The van der Waals surface area contributed by atoms with E-state index in [-0.39, 0.29) is 17.6 Å². The van der Waals surface area contributed by atoms with Crippen LogP contribution in [-0.4, -0.2) is 75.1 Å². The van der Waals surface area contributed by atoms with Crippen molar-refractivity contribution in [2.24, 2.45) is 5.41 Å². The third-order valence-corrected chi connectivity index (χ3v) is 5.64. The van der Waals surface area contributed by atoms with Gasteiger partial charge in [-0.25, -0.2) is 0 Å². The van der Waals surface area contributed by atoms with E-state index >= 15 is 0 Å². The van der Waals surface area contributed by atoms with Gasteiger partial charge in [0.1, 0.15) is 24.4 Å². The molecule has 0 aromatic carbocycles. The number of hydrogen-bond donors (Lipinski definition) is 5. The van der Waals surface area contributed by atoms with Crippen LogP contribution in [0, 0.1) is 5.41 Å². The normalized spacial score (nSPS) is 39.1. The first-order valence-corrected chi connectivity index (χ1v) is 9.40. The van der Waals surface area contributed by atoms with Gasteiger partial charge >= 0.3 is 0 Å². The molecule has 7 heteroatoms. The third-order valence-electron chi connectivity index (χ3n) is 5.64. The Bertz CT molecular complexity index is 502. The molecule has 0 spiro atoms. The molecule has 2 rings (SSSR count). The van der Waals surface area contributed by atoms with Crippen LogP contribution in [0.3, 0.4) is 0 Å². The van der Waals surface area contributed by atoms with Crippen LogP contribution < -0.4 is 0 Å². The summed E-state index contributed by atoms with van der Waals surface area (Å²) >= 11 is 0. The van der Waals surface area contributed by atoms with E-state index in [0.717, 1.165) is 12.8 Å². The van der Waals surface area contributed by atoms with Crippen LogP contribution >= 0.6 is 0 Å². The van der Waals surface area contributed by atoms with Crippen molar-refractivity contribution >= 4 is 0 Å². The van der Waals surface area contributed by atoms with Gasteiger partial charge in [-0.1, -0.05) is 25.0 Å². The molecule has 1 fully saturated rings. The van der Waals surface area contributed by atoms with Crippen LogP contribution in [0.4, 0.5) is 0 Å². The van der Waals surface area contributed by atoms with E-state index in [4.69, 9.17) is 9.47 Å². The van der Waals surface area contributed by atoms with Crippen LogP contribution in [0.2, 0.25) is 0 Å². The van der Waals surface area contributed by atoms with Crippen molar-refractivity contribution in [1.29, 1.82) is 0 Å². The van der Waals surface area contributed by atoms with Crippen molar-refractivity contribution in [3.63, 3.8) is 0 Å². The van der Waals surface area contributed by atoms with Crippen molar-refractivity contribution in [3.8, 4) is 0 Å². The van der Waals surface area contributed by atoms with E-state index in [1.165, 1.54) is 11.1 Å². The number of aliphatic hydroxyl groups excluding tert-OH is 5. The Kier molecular flexibility index (Phi) is 7.23. The van der Waals surface area contributed by atoms with Crippen molar-refractivity contribution in [3.05, 3.63) is 11.1 Å². The Morgan fingerprint density at radius 1 is 1.15 bits per heavy atom. The summed E-state index contributed by atoms with van der Waals surface area (Å²) in [6.07, 6.45) is -3.86. The fraction of sp³-hybridized carbons (Fsp3) is 0.895. The number of allylic oxidation sites excluding steroid dienone is 1. The molecule has 0 radical (unpaired) electrons. The van der Waals surface area contributed by atoms with Gasteiger partial charge in [-0.15, -0.1) is 0 Å². The van der Waals surface area contributed by atoms with Crippen LogP contribution in [0.5, 0.6) is 0 Å². The summed E-state index contributed by atoms with van der Waals surface area (Å²) in [5.74, 6) is 0. The second-order valence-corrected chi connectivity index (χ2v) is 8.39. The van der Waals surface area contributed by atoms with Crippen LogP contribution in [-0.2, 0) is 9.47 Å². The zero-order chi connectivity index (χ0) is 19.6. The highest BCUT2D eigenvalue weighted by molar-refractivity contribution is 5.24. The van der Waals surface area contributed by atoms with Gasteiger partial charge in [0.25, 0.3) is 0 Å². The van der Waals surface area contributed by atoms with E-state index in [1.807, 2.05) is 6.92 Å². The van der Waals surface area contributed by atoms with Crippen LogP contribution in [0.1, 0.15) is 53.4 Å². The fourth-order valence-corrected chi connectivity index (χ4v) is 4.21. The molecule has 1 aliphatic carbocycles. The predicted octanol–water partition coefficient (Wildman–Crippen LogP) is 0.469. The lowest BCUT2D eigenvalue weighted by molar-refractivity contribution is -0.310. The minimum absolute atomic E-state index is 0.0649. The van der Waals surface area contributed by atoms with Crippen molar-refractivity contribution in [1.82, 2.24) is 0 Å². The third kappa shape index (κ3) is 4.84. The van der Waals surface area contributed by atoms with E-state index in [1.54, 1.807) is 0 Å². The lowest BCUT2D eigenvalue weighted by Gasteiger charge is -2.41. The van der Waals surface area contributed by atoms with Gasteiger partial charge in [-0.2, -0.15) is 0 Å². The van der Waals surface area contributed by atoms with Gasteiger partial charge < -0.3 is 35.0 Å². The molecule has 0 bridgehead atoms. The Hall–Kier alpha value is -0.540. The smallest absolute Gasteiger partial charge is 0.186 e. The zero-order valence-corrected chi connectivity index (χ0v) is 16.1. The Morgan fingerprint density at radius 3 is 2.38 bits per heavy atom. The summed E-state index contributed by atoms with van der Waals surface area (Å²) in [4.78, 5) is 0. The average molecular weight is 374 g/mol. The molecule has 7 atom stereocenters. The number of rotatable bonds is 6. The molecule has 2 aliphatic rings. The first-order chi connectivity index (χ1) is 12.1. The molecule has 5 N–H and O–H groups in total. The topological polar surface area (TPSA) is 120 Å². The van der Waals surface area contributed by atoms with E-state index < -0.39 is 37.3 Å². The number of hydrogen-bond acceptors (Lipinski definition) is 7. The lowest BCUT2D eigenvalue weighted by atomic mass is 9.70. The molecular weight excluding hydrogens is 340 g/mol. The summed E-state index contributed by atoms with van der Waals surface area (Å²) in [5.41, 5.74) is 2.48. The van der Waals surface area contributed by atoms with Crippen LogP contribution in [0.25, 0.3) is 0 Å². The molecule has 1 saturated heterocycles. The summed E-state index contributed by atoms with van der Waals surface area (Å²) < 4.78 is 11.1. The molecule has 1 heterocycles. The van der Waals surface area contributed by atoms with E-state index in [0.29, 0.717) is 12.8 Å². The fourth-order valence-electron chi connectivity index (χ4n) is 4.21. The predicted molar refractivity (Wildman–Crippen MR) is 95.3 cm³/mol. The Labute approximate surface area is 155 Å². The molecular formula is C19H34O7. The second-order valence-electron chi connectivity index (χ2n) is 8.39. The molecule has 0 amide bonds. The summed E-state index contributed by atoms with van der Waals surface area (Å²) in [5, 5.41) is 48.9. The summed E-state index contributed by atoms with van der Waals surface area (Å²) in [7, 11) is 0. The molecule has 0 saturated carbocycles. The van der Waals surface area contributed by atoms with Crippen LogP contribution in [0.15, 0.2) is 11.1 Å². The van der Waals surface area contributed by atoms with Crippen molar-refractivity contribution < 1.29 is 35.0 Å². The van der Waals surface area contributed by atoms with Gasteiger partial charge in [-0.3, -0.25) is 0 Å². The van der Waals surface area contributed by atoms with Gasteiger partial charge in [-0.05, 0) is 44.9 Å². The molecule has 7 nitrogen and oxygen atoms in total. The SMILES string of the molecule is CC1=C(CC[C@@H](C)O[C@@H]2O[C@H](CO)[C@@H](O)[C@H](O)[C@H]2O)C(C)(C)C[C@H](O)C1.